The van der Waals surface area contributed by atoms with Crippen molar-refractivity contribution in [3.63, 3.8) is 0 Å². The molecule has 4 N–H and O–H groups in total. The number of rotatable bonds is 3. The second-order valence-electron chi connectivity index (χ2n) is 4.95. The first-order chi connectivity index (χ1) is 8.78. The molecule has 0 radical (unpaired) electrons. The zero-order valence-electron chi connectivity index (χ0n) is 10.3. The molecule has 1 aliphatic rings. The van der Waals surface area contributed by atoms with Crippen molar-refractivity contribution >= 4 is 11.6 Å². The average molecular weight is 275 g/mol. The van der Waals surface area contributed by atoms with E-state index in [0.29, 0.717) is 12.8 Å². The highest BCUT2D eigenvalue weighted by atomic mass is 19.4. The average Bonchev–Trinajstić information content (AvgIpc) is 2.72. The van der Waals surface area contributed by atoms with Gasteiger partial charge in [0.2, 0.25) is 0 Å². The van der Waals surface area contributed by atoms with E-state index < -0.39 is 17.3 Å². The van der Waals surface area contributed by atoms with Gasteiger partial charge in [-0.3, -0.25) is 0 Å². The third kappa shape index (κ3) is 3.50. The van der Waals surface area contributed by atoms with Gasteiger partial charge in [0.1, 0.15) is 11.6 Å². The molecule has 1 aliphatic carbocycles. The summed E-state index contributed by atoms with van der Waals surface area (Å²) in [7, 11) is 0. The van der Waals surface area contributed by atoms with Crippen LogP contribution in [0.25, 0.3) is 0 Å². The SMILES string of the molecule is Nc1cc(C(F)(F)F)cc(NCC2(O)CCCC2)n1. The van der Waals surface area contributed by atoms with Crippen LogP contribution in [0.1, 0.15) is 31.2 Å². The number of hydrogen-bond acceptors (Lipinski definition) is 4. The summed E-state index contributed by atoms with van der Waals surface area (Å²) in [6.45, 7) is 0.181. The smallest absolute Gasteiger partial charge is 0.388 e. The number of aromatic nitrogens is 1. The summed E-state index contributed by atoms with van der Waals surface area (Å²) in [6.07, 6.45) is -1.31. The van der Waals surface area contributed by atoms with Crippen LogP contribution in [0.2, 0.25) is 0 Å². The van der Waals surface area contributed by atoms with Crippen molar-refractivity contribution in [3.8, 4) is 0 Å². The number of nitrogens with two attached hydrogens (primary N) is 1. The lowest BCUT2D eigenvalue weighted by Gasteiger charge is -2.23. The lowest BCUT2D eigenvalue weighted by molar-refractivity contribution is -0.137. The topological polar surface area (TPSA) is 71.2 Å². The van der Waals surface area contributed by atoms with Gasteiger partial charge in [0, 0.05) is 6.54 Å². The van der Waals surface area contributed by atoms with Crippen molar-refractivity contribution in [2.45, 2.75) is 37.5 Å². The van der Waals surface area contributed by atoms with Gasteiger partial charge in [0.15, 0.2) is 0 Å². The molecule has 0 unspecified atom stereocenters. The minimum Gasteiger partial charge on any atom is -0.388 e. The molecule has 0 saturated heterocycles. The van der Waals surface area contributed by atoms with Crippen LogP contribution in [0.15, 0.2) is 12.1 Å². The van der Waals surface area contributed by atoms with Gasteiger partial charge in [-0.1, -0.05) is 12.8 Å². The Bertz CT molecular complexity index is 456. The molecule has 1 saturated carbocycles. The van der Waals surface area contributed by atoms with Gasteiger partial charge in [-0.2, -0.15) is 13.2 Å². The molecule has 1 heterocycles. The summed E-state index contributed by atoms with van der Waals surface area (Å²) >= 11 is 0. The number of nitrogens with zero attached hydrogens (tertiary/aromatic N) is 1. The quantitative estimate of drug-likeness (QED) is 0.792. The number of anilines is 2. The summed E-state index contributed by atoms with van der Waals surface area (Å²) in [6, 6.07) is 1.68. The summed E-state index contributed by atoms with van der Waals surface area (Å²) in [4.78, 5) is 3.79. The normalized spacial score (nSPS) is 18.5. The van der Waals surface area contributed by atoms with Gasteiger partial charge in [0.05, 0.1) is 11.2 Å². The van der Waals surface area contributed by atoms with Crippen LogP contribution in [0.5, 0.6) is 0 Å². The Hall–Kier alpha value is -1.50. The Morgan fingerprint density at radius 3 is 2.53 bits per heavy atom. The van der Waals surface area contributed by atoms with Crippen LogP contribution in [-0.4, -0.2) is 22.2 Å². The van der Waals surface area contributed by atoms with E-state index in [1.165, 1.54) is 0 Å². The highest BCUT2D eigenvalue weighted by molar-refractivity contribution is 5.47. The number of halogens is 3. The molecule has 0 spiro atoms. The third-order valence-corrected chi connectivity index (χ3v) is 3.31. The third-order valence-electron chi connectivity index (χ3n) is 3.31. The fourth-order valence-electron chi connectivity index (χ4n) is 2.27. The summed E-state index contributed by atoms with van der Waals surface area (Å²) in [5, 5.41) is 12.8. The standard InChI is InChI=1S/C12H16F3N3O/c13-12(14,15)8-5-9(16)18-10(6-8)17-7-11(19)3-1-2-4-11/h5-6,19H,1-4,7H2,(H3,16,17,18). The van der Waals surface area contributed by atoms with Crippen LogP contribution in [0, 0.1) is 0 Å². The number of pyridine rings is 1. The van der Waals surface area contributed by atoms with Gasteiger partial charge >= 0.3 is 6.18 Å². The number of nitrogen functional groups attached to an aromatic ring is 1. The van der Waals surface area contributed by atoms with E-state index in [1.807, 2.05) is 0 Å². The molecule has 7 heteroatoms. The van der Waals surface area contributed by atoms with E-state index in [1.54, 1.807) is 0 Å². The Balaban J connectivity index is 2.10. The lowest BCUT2D eigenvalue weighted by Crippen LogP contribution is -2.33. The zero-order valence-corrected chi connectivity index (χ0v) is 10.3. The first kappa shape index (κ1) is 13.9. The second-order valence-corrected chi connectivity index (χ2v) is 4.95. The molecule has 2 rings (SSSR count). The molecular weight excluding hydrogens is 259 g/mol. The van der Waals surface area contributed by atoms with E-state index in [4.69, 9.17) is 5.73 Å². The molecular formula is C12H16F3N3O. The van der Waals surface area contributed by atoms with Gasteiger partial charge in [-0.25, -0.2) is 4.98 Å². The molecule has 1 aromatic rings. The predicted molar refractivity (Wildman–Crippen MR) is 65.6 cm³/mol. The molecule has 1 aromatic heterocycles. The van der Waals surface area contributed by atoms with E-state index in [9.17, 15) is 18.3 Å². The molecule has 4 nitrogen and oxygen atoms in total. The number of nitrogens with one attached hydrogen (secondary N) is 1. The minimum atomic E-state index is -4.46. The van der Waals surface area contributed by atoms with Crippen molar-refractivity contribution in [1.82, 2.24) is 4.98 Å². The van der Waals surface area contributed by atoms with E-state index in [0.717, 1.165) is 25.0 Å². The molecule has 0 aliphatic heterocycles. The van der Waals surface area contributed by atoms with Crippen LogP contribution in [0.4, 0.5) is 24.8 Å². The van der Waals surface area contributed by atoms with Gasteiger partial charge in [-0.05, 0) is 25.0 Å². The van der Waals surface area contributed by atoms with Gasteiger partial charge in [0.25, 0.3) is 0 Å². The maximum absolute atomic E-state index is 12.6. The van der Waals surface area contributed by atoms with E-state index in [2.05, 4.69) is 10.3 Å². The van der Waals surface area contributed by atoms with Crippen LogP contribution >= 0.6 is 0 Å². The molecule has 0 amide bonds. The Kier molecular flexibility index (Phi) is 3.58. The van der Waals surface area contributed by atoms with E-state index >= 15 is 0 Å². The van der Waals surface area contributed by atoms with Crippen molar-refractivity contribution in [2.24, 2.45) is 0 Å². The fourth-order valence-corrected chi connectivity index (χ4v) is 2.27. The molecule has 0 aromatic carbocycles. The minimum absolute atomic E-state index is 0.0349. The Morgan fingerprint density at radius 1 is 1.32 bits per heavy atom. The molecule has 106 valence electrons. The highest BCUT2D eigenvalue weighted by Crippen LogP contribution is 2.32. The Labute approximate surface area is 108 Å². The van der Waals surface area contributed by atoms with Gasteiger partial charge in [-0.15, -0.1) is 0 Å². The van der Waals surface area contributed by atoms with Crippen LogP contribution in [0.3, 0.4) is 0 Å². The van der Waals surface area contributed by atoms with Crippen molar-refractivity contribution in [3.05, 3.63) is 17.7 Å². The molecule has 19 heavy (non-hydrogen) atoms. The summed E-state index contributed by atoms with van der Waals surface area (Å²) < 4.78 is 37.8. The van der Waals surface area contributed by atoms with Crippen molar-refractivity contribution in [2.75, 3.05) is 17.6 Å². The maximum Gasteiger partial charge on any atom is 0.416 e. The Morgan fingerprint density at radius 2 is 1.95 bits per heavy atom. The molecule has 1 fully saturated rings. The van der Waals surface area contributed by atoms with Crippen molar-refractivity contribution < 1.29 is 18.3 Å². The largest absolute Gasteiger partial charge is 0.416 e. The lowest BCUT2D eigenvalue weighted by atomic mass is 10.0. The number of aliphatic hydroxyl groups is 1. The number of hydrogen-bond donors (Lipinski definition) is 3. The highest BCUT2D eigenvalue weighted by Gasteiger charge is 2.33. The van der Waals surface area contributed by atoms with Crippen LogP contribution < -0.4 is 11.1 Å². The fraction of sp³-hybridized carbons (Fsp3) is 0.583. The van der Waals surface area contributed by atoms with E-state index in [-0.39, 0.29) is 18.2 Å². The summed E-state index contributed by atoms with van der Waals surface area (Å²) in [5.41, 5.74) is 3.66. The van der Waals surface area contributed by atoms with Crippen molar-refractivity contribution in [1.29, 1.82) is 0 Å². The zero-order chi connectivity index (χ0) is 14.1. The van der Waals surface area contributed by atoms with Gasteiger partial charge < -0.3 is 16.2 Å². The summed E-state index contributed by atoms with van der Waals surface area (Å²) in [5.74, 6) is -0.164. The van der Waals surface area contributed by atoms with Crippen LogP contribution in [-0.2, 0) is 6.18 Å². The monoisotopic (exact) mass is 275 g/mol. The predicted octanol–water partition coefficient (Wildman–Crippen LogP) is 2.40. The first-order valence-corrected chi connectivity index (χ1v) is 6.10. The molecule has 0 bridgehead atoms. The first-order valence-electron chi connectivity index (χ1n) is 6.10. The molecule has 0 atom stereocenters. The maximum atomic E-state index is 12.6. The number of alkyl halides is 3. The second kappa shape index (κ2) is 4.88.